The zero-order chi connectivity index (χ0) is 20.9. The number of hydrogen-bond acceptors (Lipinski definition) is 4. The fourth-order valence-electron chi connectivity index (χ4n) is 4.26. The van der Waals surface area contributed by atoms with Crippen LogP contribution in [0.1, 0.15) is 48.1 Å². The number of amides is 1. The molecule has 1 aliphatic rings. The number of carbonyl (C=O) groups is 1. The minimum absolute atomic E-state index is 0.00914. The molecular weight excluding hydrogens is 372 g/mol. The molecule has 3 heterocycles. The van der Waals surface area contributed by atoms with E-state index < -0.39 is 0 Å². The molecule has 0 radical (unpaired) electrons. The summed E-state index contributed by atoms with van der Waals surface area (Å²) >= 11 is 0. The van der Waals surface area contributed by atoms with Crippen LogP contribution in [-0.4, -0.2) is 29.0 Å². The van der Waals surface area contributed by atoms with Crippen LogP contribution < -0.4 is 10.2 Å². The maximum Gasteiger partial charge on any atom is 0.224 e. The second kappa shape index (κ2) is 9.24. The van der Waals surface area contributed by atoms with E-state index in [1.165, 1.54) is 25.7 Å². The van der Waals surface area contributed by atoms with Crippen LogP contribution in [0, 0.1) is 13.8 Å². The molecule has 1 amide bonds. The Kier molecular flexibility index (Phi) is 6.26. The predicted octanol–water partition coefficient (Wildman–Crippen LogP) is 4.49. The van der Waals surface area contributed by atoms with Gasteiger partial charge in [-0.15, -0.1) is 0 Å². The molecule has 1 fully saturated rings. The summed E-state index contributed by atoms with van der Waals surface area (Å²) in [4.78, 5) is 24.3. The van der Waals surface area contributed by atoms with Crippen molar-refractivity contribution in [2.45, 2.75) is 52.5 Å². The van der Waals surface area contributed by atoms with Crippen molar-refractivity contribution in [3.05, 3.63) is 65.0 Å². The number of nitrogens with zero attached hydrogens (tertiary/aromatic N) is 3. The largest absolute Gasteiger partial charge is 0.357 e. The molecule has 0 aliphatic carbocycles. The number of anilines is 1. The molecule has 1 N–H and O–H groups in total. The Labute approximate surface area is 178 Å². The number of aryl methyl sites for hydroxylation is 2. The fraction of sp³-hybridized carbons (Fsp3) is 0.400. The fourth-order valence-corrected chi connectivity index (χ4v) is 4.26. The zero-order valence-electron chi connectivity index (χ0n) is 17.9. The van der Waals surface area contributed by atoms with Gasteiger partial charge in [-0.2, -0.15) is 0 Å². The number of carbonyl (C=O) groups excluding carboxylic acids is 1. The van der Waals surface area contributed by atoms with E-state index in [-0.39, 0.29) is 5.91 Å². The van der Waals surface area contributed by atoms with E-state index in [0.29, 0.717) is 13.0 Å². The second-order valence-corrected chi connectivity index (χ2v) is 8.20. The molecule has 156 valence electrons. The van der Waals surface area contributed by atoms with Gasteiger partial charge < -0.3 is 10.2 Å². The van der Waals surface area contributed by atoms with E-state index in [1.54, 1.807) is 0 Å². The van der Waals surface area contributed by atoms with Crippen molar-refractivity contribution in [3.8, 4) is 0 Å². The van der Waals surface area contributed by atoms with Crippen LogP contribution in [0.15, 0.2) is 42.6 Å². The van der Waals surface area contributed by atoms with E-state index in [9.17, 15) is 4.79 Å². The third-order valence-electron chi connectivity index (χ3n) is 6.05. The first-order chi connectivity index (χ1) is 14.6. The first-order valence-corrected chi connectivity index (χ1v) is 10.9. The van der Waals surface area contributed by atoms with Crippen molar-refractivity contribution in [1.82, 2.24) is 15.3 Å². The number of rotatable bonds is 5. The van der Waals surface area contributed by atoms with Crippen molar-refractivity contribution in [1.29, 1.82) is 0 Å². The molecule has 30 heavy (non-hydrogen) atoms. The Morgan fingerprint density at radius 3 is 2.53 bits per heavy atom. The summed E-state index contributed by atoms with van der Waals surface area (Å²) in [5, 5.41) is 4.15. The lowest BCUT2D eigenvalue weighted by atomic mass is 9.99. The van der Waals surface area contributed by atoms with E-state index in [4.69, 9.17) is 0 Å². The van der Waals surface area contributed by atoms with Crippen molar-refractivity contribution in [3.63, 3.8) is 0 Å². The van der Waals surface area contributed by atoms with Crippen LogP contribution in [0.3, 0.4) is 0 Å². The minimum Gasteiger partial charge on any atom is -0.357 e. The molecule has 4 rings (SSSR count). The summed E-state index contributed by atoms with van der Waals surface area (Å²) < 4.78 is 0. The minimum atomic E-state index is 0.00914. The lowest BCUT2D eigenvalue weighted by Gasteiger charge is -2.21. The number of fused-ring (bicyclic) bond motifs is 1. The molecule has 1 aromatic carbocycles. The third-order valence-corrected chi connectivity index (χ3v) is 6.05. The van der Waals surface area contributed by atoms with Gasteiger partial charge >= 0.3 is 0 Å². The smallest absolute Gasteiger partial charge is 0.224 e. The van der Waals surface area contributed by atoms with E-state index in [1.807, 2.05) is 31.3 Å². The van der Waals surface area contributed by atoms with Gasteiger partial charge in [-0.1, -0.05) is 37.1 Å². The van der Waals surface area contributed by atoms with Crippen molar-refractivity contribution < 1.29 is 4.79 Å². The summed E-state index contributed by atoms with van der Waals surface area (Å²) in [5.74, 6) is 1.05. The van der Waals surface area contributed by atoms with Gasteiger partial charge in [-0.3, -0.25) is 9.78 Å². The van der Waals surface area contributed by atoms with E-state index >= 15 is 0 Å². The molecule has 3 aromatic rings. The number of para-hydroxylation sites is 1. The van der Waals surface area contributed by atoms with Gasteiger partial charge in [-0.25, -0.2) is 4.98 Å². The number of aromatic nitrogens is 2. The monoisotopic (exact) mass is 402 g/mol. The summed E-state index contributed by atoms with van der Waals surface area (Å²) in [6.07, 6.45) is 7.33. The maximum absolute atomic E-state index is 12.6. The number of hydrogen-bond donors (Lipinski definition) is 1. The number of benzene rings is 1. The van der Waals surface area contributed by atoms with Gasteiger partial charge in [0.2, 0.25) is 5.91 Å². The van der Waals surface area contributed by atoms with Gasteiger partial charge in [-0.05, 0) is 55.5 Å². The Balaban J connectivity index is 1.37. The summed E-state index contributed by atoms with van der Waals surface area (Å²) in [7, 11) is 0. The summed E-state index contributed by atoms with van der Waals surface area (Å²) in [5.41, 5.74) is 5.07. The van der Waals surface area contributed by atoms with Crippen LogP contribution in [0.2, 0.25) is 0 Å². The van der Waals surface area contributed by atoms with E-state index in [0.717, 1.165) is 52.2 Å². The quantitative estimate of drug-likeness (QED) is 0.683. The Bertz CT molecular complexity index is 1020. The molecule has 0 bridgehead atoms. The van der Waals surface area contributed by atoms with Gasteiger partial charge in [0, 0.05) is 36.9 Å². The molecule has 5 heteroatoms. The molecule has 0 saturated carbocycles. The van der Waals surface area contributed by atoms with Crippen LogP contribution >= 0.6 is 0 Å². The zero-order valence-corrected chi connectivity index (χ0v) is 17.9. The standard InChI is InChI=1S/C25H30N4O/c1-18-21-9-5-6-10-23(21)28-19(2)22(18)15-25(30)27-17-20-11-12-24(26-16-20)29-13-7-3-4-8-14-29/h5-6,9-12,16H,3-4,7-8,13-15,17H2,1-2H3,(H,27,30). The molecule has 0 unspecified atom stereocenters. The van der Waals surface area contributed by atoms with Crippen LogP contribution in [0.25, 0.3) is 10.9 Å². The highest BCUT2D eigenvalue weighted by Crippen LogP contribution is 2.23. The lowest BCUT2D eigenvalue weighted by Crippen LogP contribution is -2.26. The maximum atomic E-state index is 12.6. The Morgan fingerprint density at radius 2 is 1.80 bits per heavy atom. The molecule has 5 nitrogen and oxygen atoms in total. The first-order valence-electron chi connectivity index (χ1n) is 10.9. The number of pyridine rings is 2. The molecule has 0 atom stereocenters. The van der Waals surface area contributed by atoms with Gasteiger partial charge in [0.25, 0.3) is 0 Å². The predicted molar refractivity (Wildman–Crippen MR) is 122 cm³/mol. The summed E-state index contributed by atoms with van der Waals surface area (Å²) in [6.45, 7) is 6.72. The van der Waals surface area contributed by atoms with Gasteiger partial charge in [0.1, 0.15) is 5.82 Å². The van der Waals surface area contributed by atoms with Gasteiger partial charge in [0.15, 0.2) is 0 Å². The van der Waals surface area contributed by atoms with E-state index in [2.05, 4.69) is 45.3 Å². The van der Waals surface area contributed by atoms with Crippen LogP contribution in [0.4, 0.5) is 5.82 Å². The lowest BCUT2D eigenvalue weighted by molar-refractivity contribution is -0.120. The molecule has 1 saturated heterocycles. The molecular formula is C25H30N4O. The van der Waals surface area contributed by atoms with Crippen molar-refractivity contribution in [2.24, 2.45) is 0 Å². The molecule has 2 aromatic heterocycles. The average molecular weight is 403 g/mol. The average Bonchev–Trinajstić information content (AvgIpc) is 3.05. The SMILES string of the molecule is Cc1nc2ccccc2c(C)c1CC(=O)NCc1ccc(N2CCCCCC2)nc1. The van der Waals surface area contributed by atoms with Gasteiger partial charge in [0.05, 0.1) is 11.9 Å². The van der Waals surface area contributed by atoms with Crippen molar-refractivity contribution >= 4 is 22.6 Å². The molecule has 0 spiro atoms. The van der Waals surface area contributed by atoms with Crippen molar-refractivity contribution in [2.75, 3.05) is 18.0 Å². The first kappa shape index (κ1) is 20.3. The topological polar surface area (TPSA) is 58.1 Å². The Morgan fingerprint density at radius 1 is 1.03 bits per heavy atom. The Hall–Kier alpha value is -2.95. The highest BCUT2D eigenvalue weighted by atomic mass is 16.1. The molecule has 1 aliphatic heterocycles. The normalized spacial score (nSPS) is 14.5. The highest BCUT2D eigenvalue weighted by Gasteiger charge is 2.14. The number of nitrogens with one attached hydrogen (secondary N) is 1. The summed E-state index contributed by atoms with van der Waals surface area (Å²) in [6, 6.07) is 12.2. The van der Waals surface area contributed by atoms with Crippen LogP contribution in [-0.2, 0) is 17.8 Å². The highest BCUT2D eigenvalue weighted by molar-refractivity contribution is 5.86. The van der Waals surface area contributed by atoms with Crippen LogP contribution in [0.5, 0.6) is 0 Å². The second-order valence-electron chi connectivity index (χ2n) is 8.20. The third kappa shape index (κ3) is 4.61.